The van der Waals surface area contributed by atoms with Gasteiger partial charge in [-0.05, 0) is 31.4 Å². The van der Waals surface area contributed by atoms with Crippen LogP contribution in [0.3, 0.4) is 0 Å². The van der Waals surface area contributed by atoms with Gasteiger partial charge in [0.2, 0.25) is 5.91 Å². The van der Waals surface area contributed by atoms with Gasteiger partial charge in [0.15, 0.2) is 0 Å². The zero-order chi connectivity index (χ0) is 13.7. The Kier molecular flexibility index (Phi) is 4.93. The van der Waals surface area contributed by atoms with Gasteiger partial charge in [-0.25, -0.2) is 0 Å². The summed E-state index contributed by atoms with van der Waals surface area (Å²) in [4.78, 5) is 11.7. The zero-order valence-corrected chi connectivity index (χ0v) is 11.4. The quantitative estimate of drug-likeness (QED) is 0.733. The first-order chi connectivity index (χ1) is 9.20. The topological polar surface area (TPSA) is 61.4 Å². The highest BCUT2D eigenvalue weighted by Gasteiger charge is 2.24. The van der Waals surface area contributed by atoms with E-state index in [1.807, 2.05) is 18.2 Å². The van der Waals surface area contributed by atoms with Gasteiger partial charge in [0.1, 0.15) is 0 Å². The lowest BCUT2D eigenvalue weighted by molar-refractivity contribution is -0.116. The molecule has 0 fully saturated rings. The number of hydrogen-bond donors (Lipinski definition) is 3. The van der Waals surface area contributed by atoms with E-state index in [4.69, 9.17) is 5.11 Å². The second-order valence-electron chi connectivity index (χ2n) is 5.21. The largest absolute Gasteiger partial charge is 0.396 e. The number of benzene rings is 1. The first-order valence-corrected chi connectivity index (χ1v) is 6.93. The van der Waals surface area contributed by atoms with Crippen LogP contribution in [0, 0.1) is 0 Å². The summed E-state index contributed by atoms with van der Waals surface area (Å²) < 4.78 is 0. The molecule has 1 aliphatic heterocycles. The maximum atomic E-state index is 11.7. The van der Waals surface area contributed by atoms with Gasteiger partial charge in [-0.1, -0.05) is 18.2 Å². The number of nitrogens with one attached hydrogen (secondary N) is 2. The van der Waals surface area contributed by atoms with Gasteiger partial charge in [0, 0.05) is 37.2 Å². The van der Waals surface area contributed by atoms with Crippen LogP contribution in [0.15, 0.2) is 24.3 Å². The number of aliphatic hydroxyl groups is 1. The highest BCUT2D eigenvalue weighted by Crippen LogP contribution is 2.31. The fraction of sp³-hybridized carbons (Fsp3) is 0.533. The Hall–Kier alpha value is -1.39. The third-order valence-corrected chi connectivity index (χ3v) is 3.61. The number of amides is 1. The van der Waals surface area contributed by atoms with Crippen LogP contribution in [-0.2, 0) is 4.79 Å². The maximum absolute atomic E-state index is 11.7. The number of hydrogen-bond acceptors (Lipinski definition) is 3. The SMILES string of the molecule is CC(CCCO)NCC1CC(=O)Nc2ccccc21. The van der Waals surface area contributed by atoms with Crippen molar-refractivity contribution in [2.24, 2.45) is 0 Å². The molecular weight excluding hydrogens is 240 g/mol. The fourth-order valence-corrected chi connectivity index (χ4v) is 2.53. The lowest BCUT2D eigenvalue weighted by Gasteiger charge is -2.27. The molecule has 4 nitrogen and oxygen atoms in total. The van der Waals surface area contributed by atoms with Gasteiger partial charge in [-0.3, -0.25) is 4.79 Å². The summed E-state index contributed by atoms with van der Waals surface area (Å²) in [5.41, 5.74) is 2.15. The Morgan fingerprint density at radius 2 is 2.26 bits per heavy atom. The van der Waals surface area contributed by atoms with Gasteiger partial charge < -0.3 is 15.7 Å². The average Bonchev–Trinajstić information content (AvgIpc) is 2.42. The first-order valence-electron chi connectivity index (χ1n) is 6.93. The van der Waals surface area contributed by atoms with Gasteiger partial charge in [0.05, 0.1) is 0 Å². The van der Waals surface area contributed by atoms with Crippen molar-refractivity contribution in [1.82, 2.24) is 5.32 Å². The van der Waals surface area contributed by atoms with Gasteiger partial charge in [-0.2, -0.15) is 0 Å². The van der Waals surface area contributed by atoms with Crippen molar-refractivity contribution in [2.45, 2.75) is 38.1 Å². The molecule has 3 N–H and O–H groups in total. The molecule has 0 aromatic heterocycles. The van der Waals surface area contributed by atoms with E-state index in [1.165, 1.54) is 5.56 Å². The molecule has 1 aliphatic rings. The molecule has 0 radical (unpaired) electrons. The summed E-state index contributed by atoms with van der Waals surface area (Å²) in [6.45, 7) is 3.15. The van der Waals surface area contributed by atoms with Crippen molar-refractivity contribution in [3.05, 3.63) is 29.8 Å². The minimum atomic E-state index is 0.0912. The van der Waals surface area contributed by atoms with E-state index in [-0.39, 0.29) is 18.4 Å². The zero-order valence-electron chi connectivity index (χ0n) is 11.4. The molecule has 0 spiro atoms. The number of para-hydroxylation sites is 1. The predicted octanol–water partition coefficient (Wildman–Crippen LogP) is 1.86. The van der Waals surface area contributed by atoms with Gasteiger partial charge in [0.25, 0.3) is 0 Å². The highest BCUT2D eigenvalue weighted by molar-refractivity contribution is 5.94. The second kappa shape index (κ2) is 6.68. The van der Waals surface area contributed by atoms with Crippen LogP contribution in [-0.4, -0.2) is 30.2 Å². The lowest BCUT2D eigenvalue weighted by Crippen LogP contribution is -2.34. The Morgan fingerprint density at radius 3 is 3.05 bits per heavy atom. The van der Waals surface area contributed by atoms with Crippen LogP contribution in [0.4, 0.5) is 5.69 Å². The first kappa shape index (κ1) is 14.0. The third-order valence-electron chi connectivity index (χ3n) is 3.61. The van der Waals surface area contributed by atoms with Gasteiger partial charge >= 0.3 is 0 Å². The normalized spacial score (nSPS) is 19.7. The Morgan fingerprint density at radius 1 is 1.47 bits per heavy atom. The van der Waals surface area contributed by atoms with Crippen LogP contribution in [0.2, 0.25) is 0 Å². The molecule has 1 heterocycles. The standard InChI is InChI=1S/C15H22N2O2/c1-11(5-4-8-18)16-10-12-9-15(19)17-14-7-3-2-6-13(12)14/h2-3,6-7,11-12,16,18H,4-5,8-10H2,1H3,(H,17,19). The molecule has 19 heavy (non-hydrogen) atoms. The van der Waals surface area contributed by atoms with E-state index >= 15 is 0 Å². The number of carbonyl (C=O) groups is 1. The Bertz CT molecular complexity index is 434. The molecule has 104 valence electrons. The van der Waals surface area contributed by atoms with Crippen molar-refractivity contribution >= 4 is 11.6 Å². The summed E-state index contributed by atoms with van der Waals surface area (Å²) >= 11 is 0. The molecular formula is C15H22N2O2. The third kappa shape index (κ3) is 3.78. The van der Waals surface area contributed by atoms with Crippen molar-refractivity contribution < 1.29 is 9.90 Å². The van der Waals surface area contributed by atoms with E-state index in [1.54, 1.807) is 0 Å². The molecule has 0 saturated heterocycles. The van der Waals surface area contributed by atoms with E-state index in [2.05, 4.69) is 23.6 Å². The Labute approximate surface area is 114 Å². The molecule has 4 heteroatoms. The molecule has 0 aliphatic carbocycles. The molecule has 2 rings (SSSR count). The van der Waals surface area contributed by atoms with Crippen molar-refractivity contribution in [3.63, 3.8) is 0 Å². The summed E-state index contributed by atoms with van der Waals surface area (Å²) in [6.07, 6.45) is 2.31. The van der Waals surface area contributed by atoms with Gasteiger partial charge in [-0.15, -0.1) is 0 Å². The van der Waals surface area contributed by atoms with Crippen LogP contribution < -0.4 is 10.6 Å². The molecule has 0 bridgehead atoms. The fourth-order valence-electron chi connectivity index (χ4n) is 2.53. The van der Waals surface area contributed by atoms with Crippen molar-refractivity contribution in [2.75, 3.05) is 18.5 Å². The number of carbonyl (C=O) groups excluding carboxylic acids is 1. The number of aliphatic hydroxyl groups excluding tert-OH is 1. The van der Waals surface area contributed by atoms with Crippen LogP contribution >= 0.6 is 0 Å². The highest BCUT2D eigenvalue weighted by atomic mass is 16.2. The summed E-state index contributed by atoms with van der Waals surface area (Å²) in [7, 11) is 0. The van der Waals surface area contributed by atoms with Crippen molar-refractivity contribution in [3.8, 4) is 0 Å². The number of anilines is 1. The maximum Gasteiger partial charge on any atom is 0.225 e. The van der Waals surface area contributed by atoms with E-state index in [0.717, 1.165) is 25.1 Å². The molecule has 1 aromatic rings. The van der Waals surface area contributed by atoms with Crippen LogP contribution in [0.1, 0.15) is 37.7 Å². The predicted molar refractivity (Wildman–Crippen MR) is 76.2 cm³/mol. The van der Waals surface area contributed by atoms with Crippen LogP contribution in [0.25, 0.3) is 0 Å². The Balaban J connectivity index is 1.95. The number of fused-ring (bicyclic) bond motifs is 1. The lowest BCUT2D eigenvalue weighted by atomic mass is 9.90. The molecule has 1 aromatic carbocycles. The van der Waals surface area contributed by atoms with E-state index < -0.39 is 0 Å². The monoisotopic (exact) mass is 262 g/mol. The number of rotatable bonds is 6. The smallest absolute Gasteiger partial charge is 0.225 e. The second-order valence-corrected chi connectivity index (χ2v) is 5.21. The average molecular weight is 262 g/mol. The summed E-state index contributed by atoms with van der Waals surface area (Å²) in [5.74, 6) is 0.329. The minimum Gasteiger partial charge on any atom is -0.396 e. The summed E-state index contributed by atoms with van der Waals surface area (Å²) in [6, 6.07) is 8.36. The van der Waals surface area contributed by atoms with E-state index in [9.17, 15) is 4.79 Å². The molecule has 1 amide bonds. The summed E-state index contributed by atoms with van der Waals surface area (Å²) in [5, 5.41) is 15.2. The van der Waals surface area contributed by atoms with E-state index in [0.29, 0.717) is 12.5 Å². The molecule has 0 saturated carbocycles. The minimum absolute atomic E-state index is 0.0912. The molecule has 2 unspecified atom stereocenters. The van der Waals surface area contributed by atoms with Crippen LogP contribution in [0.5, 0.6) is 0 Å². The molecule has 2 atom stereocenters. The van der Waals surface area contributed by atoms with Crippen molar-refractivity contribution in [1.29, 1.82) is 0 Å².